The number of piperazine rings is 1. The van der Waals surface area contributed by atoms with Crippen molar-refractivity contribution in [2.24, 2.45) is 0 Å². The lowest BCUT2D eigenvalue weighted by atomic mass is 10.1. The maximum Gasteiger partial charge on any atom is 0.407 e. The average Bonchev–Trinajstić information content (AvgIpc) is 2.46. The first kappa shape index (κ1) is 14.0. The van der Waals surface area contributed by atoms with Crippen LogP contribution in [0.5, 0.6) is 0 Å². The van der Waals surface area contributed by atoms with Crippen LogP contribution in [0.15, 0.2) is 18.2 Å². The largest absolute Gasteiger partial charge is 0.465 e. The first-order chi connectivity index (χ1) is 9.52. The van der Waals surface area contributed by atoms with Gasteiger partial charge in [0, 0.05) is 31.9 Å². The standard InChI is InChI=1S/C13H17N3O4/c1-20-12(17)10-8-9(14)2-3-11(10)15-4-6-16(7-5-15)13(18)19/h2-3,8H,4-7,14H2,1H3,(H,18,19). The van der Waals surface area contributed by atoms with Crippen molar-refractivity contribution in [3.8, 4) is 0 Å². The summed E-state index contributed by atoms with van der Waals surface area (Å²) in [6.45, 7) is 1.86. The van der Waals surface area contributed by atoms with Gasteiger partial charge in [0.25, 0.3) is 0 Å². The molecule has 0 aliphatic carbocycles. The van der Waals surface area contributed by atoms with E-state index in [9.17, 15) is 9.59 Å². The fourth-order valence-corrected chi connectivity index (χ4v) is 2.24. The van der Waals surface area contributed by atoms with Crippen LogP contribution >= 0.6 is 0 Å². The molecule has 1 aromatic rings. The summed E-state index contributed by atoms with van der Waals surface area (Å²) in [5, 5.41) is 8.93. The Morgan fingerprint density at radius 3 is 2.45 bits per heavy atom. The van der Waals surface area contributed by atoms with Crippen molar-refractivity contribution in [2.75, 3.05) is 43.9 Å². The van der Waals surface area contributed by atoms with Crippen LogP contribution in [0.2, 0.25) is 0 Å². The lowest BCUT2D eigenvalue weighted by Crippen LogP contribution is -2.48. The molecule has 0 aromatic heterocycles. The Hall–Kier alpha value is -2.44. The number of hydrogen-bond donors (Lipinski definition) is 2. The van der Waals surface area contributed by atoms with Gasteiger partial charge in [0.2, 0.25) is 0 Å². The van der Waals surface area contributed by atoms with Crippen molar-refractivity contribution < 1.29 is 19.4 Å². The zero-order chi connectivity index (χ0) is 14.7. The first-order valence-electron chi connectivity index (χ1n) is 6.23. The number of nitrogen functional groups attached to an aromatic ring is 1. The number of carbonyl (C=O) groups is 2. The van der Waals surface area contributed by atoms with Gasteiger partial charge in [-0.3, -0.25) is 0 Å². The van der Waals surface area contributed by atoms with E-state index in [2.05, 4.69) is 0 Å². The molecule has 0 radical (unpaired) electrons. The van der Waals surface area contributed by atoms with Crippen LogP contribution in [0.25, 0.3) is 0 Å². The van der Waals surface area contributed by atoms with Gasteiger partial charge >= 0.3 is 12.1 Å². The minimum atomic E-state index is -0.921. The van der Waals surface area contributed by atoms with E-state index in [0.717, 1.165) is 5.69 Å². The Kier molecular flexibility index (Phi) is 3.97. The van der Waals surface area contributed by atoms with Crippen LogP contribution in [-0.2, 0) is 4.74 Å². The van der Waals surface area contributed by atoms with Crippen molar-refractivity contribution in [3.63, 3.8) is 0 Å². The zero-order valence-corrected chi connectivity index (χ0v) is 11.2. The number of anilines is 2. The number of carboxylic acid groups (broad SMARTS) is 1. The lowest BCUT2D eigenvalue weighted by Gasteiger charge is -2.35. The number of esters is 1. The van der Waals surface area contributed by atoms with Gasteiger partial charge in [0.15, 0.2) is 0 Å². The predicted octanol–water partition coefficient (Wildman–Crippen LogP) is 0.855. The molecule has 7 heteroatoms. The van der Waals surface area contributed by atoms with Gasteiger partial charge < -0.3 is 25.4 Å². The maximum atomic E-state index is 11.8. The summed E-state index contributed by atoms with van der Waals surface area (Å²) in [6, 6.07) is 5.05. The highest BCUT2D eigenvalue weighted by atomic mass is 16.5. The third-order valence-electron chi connectivity index (χ3n) is 3.32. The van der Waals surface area contributed by atoms with E-state index >= 15 is 0 Å². The molecule has 0 spiro atoms. The number of hydrogen-bond acceptors (Lipinski definition) is 5. The molecule has 0 saturated carbocycles. The molecule has 108 valence electrons. The number of nitrogens with zero attached hydrogens (tertiary/aromatic N) is 2. The molecule has 1 saturated heterocycles. The molecule has 1 aliphatic rings. The third kappa shape index (κ3) is 2.76. The topological polar surface area (TPSA) is 96.1 Å². The quantitative estimate of drug-likeness (QED) is 0.615. The van der Waals surface area contributed by atoms with E-state index in [-0.39, 0.29) is 0 Å². The Bertz CT molecular complexity index is 524. The van der Waals surface area contributed by atoms with Crippen LogP contribution in [-0.4, -0.2) is 55.4 Å². The highest BCUT2D eigenvalue weighted by Gasteiger charge is 2.24. The molecule has 1 fully saturated rings. The number of methoxy groups -OCH3 is 1. The molecule has 0 unspecified atom stereocenters. The third-order valence-corrected chi connectivity index (χ3v) is 3.32. The molecule has 1 aliphatic heterocycles. The van der Waals surface area contributed by atoms with Crippen molar-refractivity contribution in [1.82, 2.24) is 4.90 Å². The molecule has 3 N–H and O–H groups in total. The molecule has 0 atom stereocenters. The minimum Gasteiger partial charge on any atom is -0.465 e. The van der Waals surface area contributed by atoms with E-state index in [1.165, 1.54) is 12.0 Å². The molecular formula is C13H17N3O4. The number of ether oxygens (including phenoxy) is 1. The number of carbonyl (C=O) groups excluding carboxylic acids is 1. The molecule has 0 bridgehead atoms. The van der Waals surface area contributed by atoms with Crippen LogP contribution < -0.4 is 10.6 Å². The van der Waals surface area contributed by atoms with E-state index < -0.39 is 12.1 Å². The van der Waals surface area contributed by atoms with Crippen molar-refractivity contribution in [3.05, 3.63) is 23.8 Å². The van der Waals surface area contributed by atoms with Gasteiger partial charge in [-0.1, -0.05) is 0 Å². The molecule has 1 heterocycles. The summed E-state index contributed by atoms with van der Waals surface area (Å²) in [7, 11) is 1.32. The average molecular weight is 279 g/mol. The molecule has 2 rings (SSSR count). The molecule has 1 amide bonds. The number of amides is 1. The normalized spacial score (nSPS) is 15.1. The van der Waals surface area contributed by atoms with E-state index in [4.69, 9.17) is 15.6 Å². The van der Waals surface area contributed by atoms with Crippen LogP contribution in [0, 0.1) is 0 Å². The second-order valence-corrected chi connectivity index (χ2v) is 4.52. The molecule has 20 heavy (non-hydrogen) atoms. The van der Waals surface area contributed by atoms with Crippen molar-refractivity contribution in [1.29, 1.82) is 0 Å². The Labute approximate surface area is 116 Å². The van der Waals surface area contributed by atoms with E-state index in [1.54, 1.807) is 18.2 Å². The van der Waals surface area contributed by atoms with Gasteiger partial charge in [0.1, 0.15) is 0 Å². The number of benzene rings is 1. The zero-order valence-electron chi connectivity index (χ0n) is 11.2. The maximum absolute atomic E-state index is 11.8. The van der Waals surface area contributed by atoms with Gasteiger partial charge in [-0.05, 0) is 18.2 Å². The monoisotopic (exact) mass is 279 g/mol. The highest BCUT2D eigenvalue weighted by molar-refractivity contribution is 5.97. The van der Waals surface area contributed by atoms with Crippen LogP contribution in [0.1, 0.15) is 10.4 Å². The summed E-state index contributed by atoms with van der Waals surface area (Å²) >= 11 is 0. The smallest absolute Gasteiger partial charge is 0.407 e. The van der Waals surface area contributed by atoms with Crippen LogP contribution in [0.4, 0.5) is 16.2 Å². The fourth-order valence-electron chi connectivity index (χ4n) is 2.24. The van der Waals surface area contributed by atoms with Gasteiger partial charge in [-0.2, -0.15) is 0 Å². The lowest BCUT2D eigenvalue weighted by molar-refractivity contribution is 0.0601. The first-order valence-corrected chi connectivity index (χ1v) is 6.23. The predicted molar refractivity (Wildman–Crippen MR) is 74.0 cm³/mol. The Morgan fingerprint density at radius 1 is 1.25 bits per heavy atom. The Morgan fingerprint density at radius 2 is 1.90 bits per heavy atom. The molecular weight excluding hydrogens is 262 g/mol. The summed E-state index contributed by atoms with van der Waals surface area (Å²) in [4.78, 5) is 26.0. The fraction of sp³-hybridized carbons (Fsp3) is 0.385. The number of rotatable bonds is 2. The van der Waals surface area contributed by atoms with Gasteiger partial charge in [-0.25, -0.2) is 9.59 Å². The van der Waals surface area contributed by atoms with E-state index in [0.29, 0.717) is 37.4 Å². The van der Waals surface area contributed by atoms with Crippen molar-refractivity contribution in [2.45, 2.75) is 0 Å². The van der Waals surface area contributed by atoms with E-state index in [1.807, 2.05) is 4.90 Å². The van der Waals surface area contributed by atoms with Gasteiger partial charge in [0.05, 0.1) is 18.4 Å². The summed E-state index contributed by atoms with van der Waals surface area (Å²) < 4.78 is 4.76. The van der Waals surface area contributed by atoms with Gasteiger partial charge in [-0.15, -0.1) is 0 Å². The van der Waals surface area contributed by atoms with Crippen LogP contribution in [0.3, 0.4) is 0 Å². The second-order valence-electron chi connectivity index (χ2n) is 4.52. The summed E-state index contributed by atoms with van der Waals surface area (Å²) in [6.07, 6.45) is -0.921. The Balaban J connectivity index is 2.21. The molecule has 7 nitrogen and oxygen atoms in total. The number of nitrogens with two attached hydrogens (primary N) is 1. The SMILES string of the molecule is COC(=O)c1cc(N)ccc1N1CCN(C(=O)O)CC1. The molecule has 1 aromatic carbocycles. The minimum absolute atomic E-state index is 0.399. The summed E-state index contributed by atoms with van der Waals surface area (Å²) in [5.41, 5.74) is 7.30. The highest BCUT2D eigenvalue weighted by Crippen LogP contribution is 2.25. The summed E-state index contributed by atoms with van der Waals surface area (Å²) in [5.74, 6) is -0.451. The van der Waals surface area contributed by atoms with Crippen molar-refractivity contribution >= 4 is 23.4 Å². The second kappa shape index (κ2) is 5.68.